The average molecular weight is 172 g/mol. The number of benzene rings is 1. The first-order valence-corrected chi connectivity index (χ1v) is 4.30. The van der Waals surface area contributed by atoms with Gasteiger partial charge in [-0.25, -0.2) is 0 Å². The molecule has 1 aromatic rings. The molecule has 0 unspecified atom stereocenters. The maximum absolute atomic E-state index is 11.5. The van der Waals surface area contributed by atoms with E-state index in [1.807, 2.05) is 30.3 Å². The molecule has 1 heterocycles. The molecule has 0 amide bonds. The molecule has 2 aliphatic rings. The van der Waals surface area contributed by atoms with Gasteiger partial charge in [0.1, 0.15) is 5.41 Å². The molecular formula is C11H8O2. The van der Waals surface area contributed by atoms with Crippen LogP contribution < -0.4 is 0 Å². The van der Waals surface area contributed by atoms with Gasteiger partial charge < -0.3 is 4.74 Å². The highest BCUT2D eigenvalue weighted by atomic mass is 16.5. The van der Waals surface area contributed by atoms with Crippen molar-refractivity contribution < 1.29 is 9.53 Å². The number of carbonyl (C=O) groups excluding carboxylic acids is 1. The molecule has 64 valence electrons. The summed E-state index contributed by atoms with van der Waals surface area (Å²) in [6.45, 7) is 0. The molecule has 0 radical (unpaired) electrons. The molecule has 2 nitrogen and oxygen atoms in total. The predicted octanol–water partition coefficient (Wildman–Crippen LogP) is 1.77. The standard InChI is InChI=1S/C11H8O2/c12-10-11(6-9(11)7-13-10)8-4-2-1-3-5-8/h1-5,7H,6H2/t11-/m1/s1. The van der Waals surface area contributed by atoms with Crippen LogP contribution in [0.5, 0.6) is 0 Å². The van der Waals surface area contributed by atoms with Crippen molar-refractivity contribution in [1.82, 2.24) is 0 Å². The van der Waals surface area contributed by atoms with Crippen LogP contribution in [0.3, 0.4) is 0 Å². The predicted molar refractivity (Wildman–Crippen MR) is 46.9 cm³/mol. The van der Waals surface area contributed by atoms with Crippen molar-refractivity contribution in [2.45, 2.75) is 11.8 Å². The Labute approximate surface area is 75.8 Å². The van der Waals surface area contributed by atoms with Crippen molar-refractivity contribution in [2.75, 3.05) is 0 Å². The number of ether oxygens (including phenoxy) is 1. The lowest BCUT2D eigenvalue weighted by Gasteiger charge is -2.07. The van der Waals surface area contributed by atoms with Crippen molar-refractivity contribution in [3.63, 3.8) is 0 Å². The van der Waals surface area contributed by atoms with E-state index in [4.69, 9.17) is 4.74 Å². The minimum Gasteiger partial charge on any atom is -0.434 e. The third-order valence-electron chi connectivity index (χ3n) is 2.80. The third-order valence-corrected chi connectivity index (χ3v) is 2.80. The largest absolute Gasteiger partial charge is 0.434 e. The zero-order chi connectivity index (χ0) is 8.89. The average Bonchev–Trinajstić information content (AvgIpc) is 2.84. The van der Waals surface area contributed by atoms with Gasteiger partial charge in [0.25, 0.3) is 0 Å². The number of esters is 1. The molecule has 2 heteroatoms. The normalized spacial score (nSPS) is 29.2. The summed E-state index contributed by atoms with van der Waals surface area (Å²) < 4.78 is 4.87. The summed E-state index contributed by atoms with van der Waals surface area (Å²) in [5.41, 5.74) is 1.79. The van der Waals surface area contributed by atoms with Crippen LogP contribution in [0.1, 0.15) is 12.0 Å². The van der Waals surface area contributed by atoms with Crippen molar-refractivity contribution in [2.24, 2.45) is 0 Å². The fraction of sp³-hybridized carbons (Fsp3) is 0.182. The zero-order valence-electron chi connectivity index (χ0n) is 6.99. The number of hydrogen-bond acceptors (Lipinski definition) is 2. The molecule has 1 aliphatic carbocycles. The summed E-state index contributed by atoms with van der Waals surface area (Å²) in [5, 5.41) is 0. The second kappa shape index (κ2) is 2.02. The van der Waals surface area contributed by atoms with E-state index in [0.29, 0.717) is 0 Å². The van der Waals surface area contributed by atoms with Crippen LogP contribution in [0.4, 0.5) is 0 Å². The van der Waals surface area contributed by atoms with Gasteiger partial charge in [0.05, 0.1) is 6.26 Å². The Kier molecular flexibility index (Phi) is 1.07. The third kappa shape index (κ3) is 0.705. The van der Waals surface area contributed by atoms with E-state index in [9.17, 15) is 4.79 Å². The molecule has 13 heavy (non-hydrogen) atoms. The van der Waals surface area contributed by atoms with Crippen molar-refractivity contribution >= 4 is 5.97 Å². The molecule has 1 saturated carbocycles. The second-order valence-electron chi connectivity index (χ2n) is 3.50. The van der Waals surface area contributed by atoms with Gasteiger partial charge in [0.2, 0.25) is 0 Å². The topological polar surface area (TPSA) is 26.3 Å². The van der Waals surface area contributed by atoms with Crippen LogP contribution in [0, 0.1) is 0 Å². The summed E-state index contributed by atoms with van der Waals surface area (Å²) in [7, 11) is 0. The first kappa shape index (κ1) is 6.89. The number of rotatable bonds is 1. The van der Waals surface area contributed by atoms with E-state index >= 15 is 0 Å². The minimum absolute atomic E-state index is 0.117. The van der Waals surface area contributed by atoms with E-state index in [0.717, 1.165) is 17.6 Å². The first-order valence-electron chi connectivity index (χ1n) is 4.30. The van der Waals surface area contributed by atoms with Gasteiger partial charge in [0.15, 0.2) is 0 Å². The van der Waals surface area contributed by atoms with E-state index in [-0.39, 0.29) is 11.4 Å². The lowest BCUT2D eigenvalue weighted by atomic mass is 9.96. The molecule has 0 N–H and O–H groups in total. The van der Waals surface area contributed by atoms with Gasteiger partial charge in [-0.1, -0.05) is 30.3 Å². The Morgan fingerprint density at radius 1 is 1.23 bits per heavy atom. The van der Waals surface area contributed by atoms with E-state index < -0.39 is 0 Å². The summed E-state index contributed by atoms with van der Waals surface area (Å²) in [6, 6.07) is 9.81. The van der Waals surface area contributed by atoms with Gasteiger partial charge in [-0.3, -0.25) is 4.79 Å². The van der Waals surface area contributed by atoms with Crippen molar-refractivity contribution in [3.05, 3.63) is 47.7 Å². The number of cyclic esters (lactones) is 1. The zero-order valence-corrected chi connectivity index (χ0v) is 6.99. The Bertz CT molecular complexity index is 405. The Hall–Kier alpha value is -1.57. The molecule has 1 fully saturated rings. The highest BCUT2D eigenvalue weighted by molar-refractivity contribution is 5.96. The highest BCUT2D eigenvalue weighted by Crippen LogP contribution is 2.57. The van der Waals surface area contributed by atoms with Gasteiger partial charge in [-0.05, 0) is 17.6 Å². The van der Waals surface area contributed by atoms with Crippen molar-refractivity contribution in [1.29, 1.82) is 0 Å². The van der Waals surface area contributed by atoms with Crippen molar-refractivity contribution in [3.8, 4) is 0 Å². The van der Waals surface area contributed by atoms with Gasteiger partial charge in [-0.15, -0.1) is 0 Å². The molecule has 0 spiro atoms. The molecule has 0 aromatic heterocycles. The van der Waals surface area contributed by atoms with Crippen LogP contribution in [0.15, 0.2) is 42.2 Å². The Morgan fingerprint density at radius 2 is 2.00 bits per heavy atom. The number of fused-ring (bicyclic) bond motifs is 1. The minimum atomic E-state index is -0.388. The smallest absolute Gasteiger partial charge is 0.326 e. The summed E-state index contributed by atoms with van der Waals surface area (Å²) in [4.78, 5) is 11.5. The lowest BCUT2D eigenvalue weighted by Crippen LogP contribution is -2.18. The van der Waals surface area contributed by atoms with Crippen LogP contribution in [-0.4, -0.2) is 5.97 Å². The van der Waals surface area contributed by atoms with E-state index in [1.54, 1.807) is 6.26 Å². The molecule has 1 atom stereocenters. The highest BCUT2D eigenvalue weighted by Gasteiger charge is 2.61. The quantitative estimate of drug-likeness (QED) is 0.603. The SMILES string of the molecule is O=C1OC=C2C[C@]12c1ccccc1. The molecule has 0 bridgehead atoms. The molecule has 1 aliphatic heterocycles. The summed E-state index contributed by atoms with van der Waals surface area (Å²) in [5.74, 6) is -0.117. The van der Waals surface area contributed by atoms with Crippen LogP contribution in [0.25, 0.3) is 0 Å². The van der Waals surface area contributed by atoms with E-state index in [2.05, 4.69) is 0 Å². The first-order chi connectivity index (χ1) is 6.34. The number of carbonyl (C=O) groups is 1. The monoisotopic (exact) mass is 172 g/mol. The maximum Gasteiger partial charge on any atom is 0.326 e. The van der Waals surface area contributed by atoms with Gasteiger partial charge >= 0.3 is 5.97 Å². The van der Waals surface area contributed by atoms with Crippen LogP contribution >= 0.6 is 0 Å². The fourth-order valence-electron chi connectivity index (χ4n) is 1.94. The Balaban J connectivity index is 2.13. The van der Waals surface area contributed by atoms with E-state index in [1.165, 1.54) is 0 Å². The molecular weight excluding hydrogens is 164 g/mol. The summed E-state index contributed by atoms with van der Waals surface area (Å²) in [6.07, 6.45) is 2.44. The Morgan fingerprint density at radius 3 is 2.54 bits per heavy atom. The fourth-order valence-corrected chi connectivity index (χ4v) is 1.94. The number of hydrogen-bond donors (Lipinski definition) is 0. The maximum atomic E-state index is 11.5. The molecule has 3 rings (SSSR count). The van der Waals surface area contributed by atoms with Crippen LogP contribution in [-0.2, 0) is 14.9 Å². The summed E-state index contributed by atoms with van der Waals surface area (Å²) >= 11 is 0. The van der Waals surface area contributed by atoms with Gasteiger partial charge in [-0.2, -0.15) is 0 Å². The molecule has 0 saturated heterocycles. The lowest BCUT2D eigenvalue weighted by molar-refractivity contribution is -0.139. The van der Waals surface area contributed by atoms with Crippen LogP contribution in [0.2, 0.25) is 0 Å². The van der Waals surface area contributed by atoms with Gasteiger partial charge in [0, 0.05) is 0 Å². The second-order valence-corrected chi connectivity index (χ2v) is 3.50. The molecule has 1 aromatic carbocycles.